The molecule has 7 heteroatoms. The molecule has 0 saturated carbocycles. The molecule has 0 radical (unpaired) electrons. The third kappa shape index (κ3) is 6.40. The van der Waals surface area contributed by atoms with Crippen LogP contribution in [0.3, 0.4) is 0 Å². The Bertz CT molecular complexity index is 1170. The van der Waals surface area contributed by atoms with Gasteiger partial charge in [0.05, 0.1) is 6.42 Å². The van der Waals surface area contributed by atoms with Crippen molar-refractivity contribution in [1.82, 2.24) is 9.80 Å². The fourth-order valence-corrected chi connectivity index (χ4v) is 6.31. The van der Waals surface area contributed by atoms with E-state index in [-0.39, 0.29) is 18.6 Å². The number of fused-ring (bicyclic) bond motifs is 4. The number of nitrogens with zero attached hydrogens (tertiary/aromatic N) is 3. The predicted molar refractivity (Wildman–Crippen MR) is 153 cm³/mol. The summed E-state index contributed by atoms with van der Waals surface area (Å²) in [6.07, 6.45) is 6.27. The van der Waals surface area contributed by atoms with Crippen LogP contribution in [0.1, 0.15) is 70.4 Å². The average molecular weight is 534 g/mol. The molecule has 1 saturated heterocycles. The first kappa shape index (κ1) is 27.5. The standard InChI is InChI=1S/C32H43N3O4/c1-4-31(36)35-17-15-26-9-7-10-27(34(26)16-14-23(2)3)21-33(20-25-8-5-6-11-28(25)35)32(37)19-24-12-13-29-30(18-24)39-22-38-29/h5-6,8,11-13,18,23,26-27H,4,7,9-10,14-17,19-22H2,1-3H3. The molecular weight excluding hydrogens is 490 g/mol. The van der Waals surface area contributed by atoms with Crippen molar-refractivity contribution in [1.29, 1.82) is 0 Å². The number of anilines is 1. The maximum Gasteiger partial charge on any atom is 0.231 e. The third-order valence-electron chi connectivity index (χ3n) is 8.49. The van der Waals surface area contributed by atoms with Gasteiger partial charge < -0.3 is 19.3 Å². The second-order valence-corrected chi connectivity index (χ2v) is 11.6. The molecule has 2 aromatic carbocycles. The Morgan fingerprint density at radius 1 is 0.974 bits per heavy atom. The number of para-hydroxylation sites is 1. The van der Waals surface area contributed by atoms with Gasteiger partial charge in [0.15, 0.2) is 11.5 Å². The SMILES string of the molecule is CCC(=O)N1CCC2CCCC(CN(C(=O)Cc3ccc4c(c3)OCO4)Cc3ccccc31)N2CCC(C)C. The van der Waals surface area contributed by atoms with Gasteiger partial charge >= 0.3 is 0 Å². The zero-order valence-corrected chi connectivity index (χ0v) is 23.7. The number of rotatable bonds is 6. The summed E-state index contributed by atoms with van der Waals surface area (Å²) in [6, 6.07) is 14.7. The van der Waals surface area contributed by atoms with Gasteiger partial charge in [-0.2, -0.15) is 0 Å². The number of hydrogen-bond donors (Lipinski definition) is 0. The molecule has 2 aromatic rings. The first-order chi connectivity index (χ1) is 18.9. The summed E-state index contributed by atoms with van der Waals surface area (Å²) >= 11 is 0. The summed E-state index contributed by atoms with van der Waals surface area (Å²) in [5.74, 6) is 2.29. The van der Waals surface area contributed by atoms with E-state index in [1.54, 1.807) is 0 Å². The van der Waals surface area contributed by atoms with E-state index in [9.17, 15) is 9.59 Å². The maximum absolute atomic E-state index is 14.0. The van der Waals surface area contributed by atoms with E-state index in [0.29, 0.717) is 56.2 Å². The van der Waals surface area contributed by atoms with Crippen LogP contribution in [0.5, 0.6) is 11.5 Å². The van der Waals surface area contributed by atoms with Crippen molar-refractivity contribution < 1.29 is 19.1 Å². The van der Waals surface area contributed by atoms with Gasteiger partial charge in [0, 0.05) is 43.8 Å². The Labute approximate surface area is 233 Å². The maximum atomic E-state index is 14.0. The molecule has 1 fully saturated rings. The number of piperidine rings is 1. The highest BCUT2D eigenvalue weighted by molar-refractivity contribution is 5.94. The van der Waals surface area contributed by atoms with E-state index >= 15 is 0 Å². The van der Waals surface area contributed by atoms with Gasteiger partial charge in [0.25, 0.3) is 0 Å². The molecule has 3 heterocycles. The predicted octanol–water partition coefficient (Wildman–Crippen LogP) is 5.40. The summed E-state index contributed by atoms with van der Waals surface area (Å²) in [5, 5.41) is 0. The summed E-state index contributed by atoms with van der Waals surface area (Å²) in [7, 11) is 0. The minimum atomic E-state index is 0.0993. The molecule has 2 atom stereocenters. The first-order valence-electron chi connectivity index (χ1n) is 14.7. The largest absolute Gasteiger partial charge is 0.454 e. The Balaban J connectivity index is 1.48. The van der Waals surface area contributed by atoms with Gasteiger partial charge in [-0.1, -0.05) is 51.5 Å². The normalized spacial score (nSPS) is 21.4. The fraction of sp³-hybridized carbons (Fsp3) is 0.562. The number of ether oxygens (including phenoxy) is 2. The molecule has 2 bridgehead atoms. The van der Waals surface area contributed by atoms with Gasteiger partial charge in [-0.3, -0.25) is 14.5 Å². The number of carbonyl (C=O) groups is 2. The molecule has 2 unspecified atom stereocenters. The van der Waals surface area contributed by atoms with Crippen molar-refractivity contribution >= 4 is 17.5 Å². The Morgan fingerprint density at radius 2 is 1.77 bits per heavy atom. The topological polar surface area (TPSA) is 62.3 Å². The van der Waals surface area contributed by atoms with E-state index in [0.717, 1.165) is 61.2 Å². The second-order valence-electron chi connectivity index (χ2n) is 11.6. The lowest BCUT2D eigenvalue weighted by Crippen LogP contribution is -2.53. The van der Waals surface area contributed by atoms with Crippen LogP contribution in [0.15, 0.2) is 42.5 Å². The minimum Gasteiger partial charge on any atom is -0.454 e. The van der Waals surface area contributed by atoms with Crippen molar-refractivity contribution in [3.05, 3.63) is 53.6 Å². The van der Waals surface area contributed by atoms with Crippen LogP contribution in [0.2, 0.25) is 0 Å². The Kier molecular flexibility index (Phi) is 8.75. The summed E-state index contributed by atoms with van der Waals surface area (Å²) in [6.45, 7) is 9.65. The van der Waals surface area contributed by atoms with Gasteiger partial charge in [-0.25, -0.2) is 0 Å². The molecule has 3 aliphatic rings. The Morgan fingerprint density at radius 3 is 2.59 bits per heavy atom. The van der Waals surface area contributed by atoms with Gasteiger partial charge in [0.1, 0.15) is 0 Å². The molecule has 7 nitrogen and oxygen atoms in total. The average Bonchev–Trinajstić information content (AvgIpc) is 3.40. The van der Waals surface area contributed by atoms with Crippen molar-refractivity contribution in [2.45, 2.75) is 84.3 Å². The molecule has 210 valence electrons. The van der Waals surface area contributed by atoms with Gasteiger partial charge in [0.2, 0.25) is 18.6 Å². The molecular formula is C32H43N3O4. The summed E-state index contributed by atoms with van der Waals surface area (Å²) in [4.78, 5) is 33.9. The lowest BCUT2D eigenvalue weighted by Gasteiger charge is -2.44. The molecule has 0 aliphatic carbocycles. The van der Waals surface area contributed by atoms with E-state index in [1.165, 1.54) is 0 Å². The second kappa shape index (κ2) is 12.4. The summed E-state index contributed by atoms with van der Waals surface area (Å²) in [5.41, 5.74) is 2.90. The van der Waals surface area contributed by atoms with Crippen molar-refractivity contribution in [3.63, 3.8) is 0 Å². The van der Waals surface area contributed by atoms with Gasteiger partial charge in [-0.05, 0) is 67.5 Å². The van der Waals surface area contributed by atoms with Crippen LogP contribution in [0.25, 0.3) is 0 Å². The zero-order chi connectivity index (χ0) is 27.4. The van der Waals surface area contributed by atoms with Crippen LogP contribution >= 0.6 is 0 Å². The molecule has 5 rings (SSSR count). The van der Waals surface area contributed by atoms with Crippen molar-refractivity contribution in [2.75, 3.05) is 31.3 Å². The molecule has 0 spiro atoms. The molecule has 3 aliphatic heterocycles. The summed E-state index contributed by atoms with van der Waals surface area (Å²) < 4.78 is 11.0. The molecule has 0 N–H and O–H groups in total. The van der Waals surface area contributed by atoms with Crippen molar-refractivity contribution in [2.24, 2.45) is 5.92 Å². The van der Waals surface area contributed by atoms with E-state index < -0.39 is 0 Å². The van der Waals surface area contributed by atoms with Crippen LogP contribution in [0.4, 0.5) is 5.69 Å². The Hall–Kier alpha value is -3.06. The number of amides is 2. The van der Waals surface area contributed by atoms with E-state index in [4.69, 9.17) is 9.47 Å². The zero-order valence-electron chi connectivity index (χ0n) is 23.7. The minimum absolute atomic E-state index is 0.0993. The quantitative estimate of drug-likeness (QED) is 0.497. The van der Waals surface area contributed by atoms with Crippen LogP contribution in [-0.4, -0.2) is 60.1 Å². The van der Waals surface area contributed by atoms with E-state index in [1.807, 2.05) is 53.1 Å². The smallest absolute Gasteiger partial charge is 0.231 e. The first-order valence-corrected chi connectivity index (χ1v) is 14.7. The highest BCUT2D eigenvalue weighted by atomic mass is 16.7. The lowest BCUT2D eigenvalue weighted by atomic mass is 9.92. The number of carbonyl (C=O) groups excluding carboxylic acids is 2. The lowest BCUT2D eigenvalue weighted by molar-refractivity contribution is -0.132. The van der Waals surface area contributed by atoms with Crippen molar-refractivity contribution in [3.8, 4) is 11.5 Å². The number of hydrogen-bond acceptors (Lipinski definition) is 5. The number of benzene rings is 2. The molecule has 0 aromatic heterocycles. The van der Waals surface area contributed by atoms with Gasteiger partial charge in [-0.15, -0.1) is 0 Å². The monoisotopic (exact) mass is 533 g/mol. The highest BCUT2D eigenvalue weighted by Crippen LogP contribution is 2.34. The van der Waals surface area contributed by atoms with Crippen LogP contribution < -0.4 is 14.4 Å². The third-order valence-corrected chi connectivity index (χ3v) is 8.49. The molecule has 2 amide bonds. The fourth-order valence-electron chi connectivity index (χ4n) is 6.31. The highest BCUT2D eigenvalue weighted by Gasteiger charge is 2.34. The van der Waals surface area contributed by atoms with E-state index in [2.05, 4.69) is 24.8 Å². The molecule has 39 heavy (non-hydrogen) atoms. The van der Waals surface area contributed by atoms with Crippen LogP contribution in [0, 0.1) is 5.92 Å². The van der Waals surface area contributed by atoms with Crippen LogP contribution in [-0.2, 0) is 22.6 Å².